The lowest BCUT2D eigenvalue weighted by Gasteiger charge is -2.17. The van der Waals surface area contributed by atoms with Gasteiger partial charge in [0.15, 0.2) is 17.3 Å². The second kappa shape index (κ2) is 5.21. The molecule has 116 valence electrons. The van der Waals surface area contributed by atoms with Gasteiger partial charge in [-0.1, -0.05) is 0 Å². The van der Waals surface area contributed by atoms with Gasteiger partial charge in [-0.15, -0.1) is 0 Å². The molecule has 8 heteroatoms. The SMILES string of the molecule is COC1=C/C(=N\c2c(N)n3n(c2=O)CCCC3)C(N)=CC1=O. The number of nitrogens with zero attached hydrogens (tertiary/aromatic N) is 3. The first-order chi connectivity index (χ1) is 10.5. The number of carbonyl (C=O) groups is 1. The molecule has 0 amide bonds. The molecule has 4 N–H and O–H groups in total. The Bertz CT molecular complexity index is 794. The van der Waals surface area contributed by atoms with Gasteiger partial charge in [-0.25, -0.2) is 9.67 Å². The van der Waals surface area contributed by atoms with Gasteiger partial charge < -0.3 is 16.2 Å². The van der Waals surface area contributed by atoms with Crippen molar-refractivity contribution in [3.05, 3.63) is 34.0 Å². The van der Waals surface area contributed by atoms with E-state index in [2.05, 4.69) is 4.99 Å². The van der Waals surface area contributed by atoms with Gasteiger partial charge in [0, 0.05) is 25.2 Å². The van der Waals surface area contributed by atoms with Crippen LogP contribution in [0.2, 0.25) is 0 Å². The molecule has 1 aromatic rings. The number of aromatic nitrogens is 2. The molecule has 1 aliphatic heterocycles. The van der Waals surface area contributed by atoms with E-state index in [4.69, 9.17) is 16.2 Å². The van der Waals surface area contributed by atoms with E-state index >= 15 is 0 Å². The molecule has 2 heterocycles. The lowest BCUT2D eigenvalue weighted by Crippen LogP contribution is -2.27. The fourth-order valence-electron chi connectivity index (χ4n) is 2.63. The Hall–Kier alpha value is -2.77. The number of ether oxygens (including phenoxy) is 1. The fourth-order valence-corrected chi connectivity index (χ4v) is 2.63. The normalized spacial score (nSPS) is 19.7. The molecule has 1 aromatic heterocycles. The zero-order valence-electron chi connectivity index (χ0n) is 12.2. The number of hydrogen-bond donors (Lipinski definition) is 2. The van der Waals surface area contributed by atoms with Crippen LogP contribution in [-0.4, -0.2) is 28.0 Å². The summed E-state index contributed by atoms with van der Waals surface area (Å²) in [6.07, 6.45) is 4.54. The van der Waals surface area contributed by atoms with Gasteiger partial charge in [-0.05, 0) is 12.8 Å². The van der Waals surface area contributed by atoms with Gasteiger partial charge in [-0.3, -0.25) is 14.3 Å². The van der Waals surface area contributed by atoms with Gasteiger partial charge >= 0.3 is 0 Å². The predicted octanol–water partition coefficient (Wildman–Crippen LogP) is 0.0539. The summed E-state index contributed by atoms with van der Waals surface area (Å²) in [7, 11) is 1.39. The van der Waals surface area contributed by atoms with E-state index in [9.17, 15) is 9.59 Å². The van der Waals surface area contributed by atoms with Crippen molar-refractivity contribution >= 4 is 23.0 Å². The van der Waals surface area contributed by atoms with E-state index < -0.39 is 0 Å². The number of hydrogen-bond acceptors (Lipinski definition) is 6. The molecule has 0 fully saturated rings. The molecule has 3 rings (SSSR count). The van der Waals surface area contributed by atoms with Crippen LogP contribution >= 0.6 is 0 Å². The first-order valence-electron chi connectivity index (χ1n) is 6.98. The fraction of sp³-hybridized carbons (Fsp3) is 0.357. The Morgan fingerprint density at radius 2 is 1.82 bits per heavy atom. The predicted molar refractivity (Wildman–Crippen MR) is 81.8 cm³/mol. The molecule has 0 saturated carbocycles. The maximum atomic E-state index is 12.4. The zero-order chi connectivity index (χ0) is 15.9. The van der Waals surface area contributed by atoms with E-state index in [0.717, 1.165) is 12.8 Å². The van der Waals surface area contributed by atoms with Gasteiger partial charge in [0.25, 0.3) is 5.56 Å². The van der Waals surface area contributed by atoms with E-state index in [-0.39, 0.29) is 28.5 Å². The van der Waals surface area contributed by atoms with Gasteiger partial charge in [0.2, 0.25) is 5.78 Å². The van der Waals surface area contributed by atoms with Crippen molar-refractivity contribution in [1.82, 2.24) is 9.36 Å². The molecule has 0 aromatic carbocycles. The third-order valence-corrected chi connectivity index (χ3v) is 3.78. The highest BCUT2D eigenvalue weighted by Crippen LogP contribution is 2.23. The summed E-state index contributed by atoms with van der Waals surface area (Å²) in [6, 6.07) is 0. The van der Waals surface area contributed by atoms with Crippen LogP contribution in [0.5, 0.6) is 0 Å². The smallest absolute Gasteiger partial charge is 0.294 e. The van der Waals surface area contributed by atoms with Gasteiger partial charge in [-0.2, -0.15) is 0 Å². The Labute approximate surface area is 126 Å². The first-order valence-corrected chi connectivity index (χ1v) is 6.98. The van der Waals surface area contributed by atoms with Gasteiger partial charge in [0.05, 0.1) is 18.5 Å². The second-order valence-corrected chi connectivity index (χ2v) is 5.17. The number of allylic oxidation sites excluding steroid dienone is 2. The summed E-state index contributed by atoms with van der Waals surface area (Å²) in [6.45, 7) is 1.31. The minimum Gasteiger partial charge on any atom is -0.493 e. The van der Waals surface area contributed by atoms with Crippen molar-refractivity contribution in [2.45, 2.75) is 25.9 Å². The van der Waals surface area contributed by atoms with Crippen molar-refractivity contribution in [2.75, 3.05) is 12.8 Å². The Balaban J connectivity index is 2.11. The molecule has 0 atom stereocenters. The van der Waals surface area contributed by atoms with Gasteiger partial charge in [0.1, 0.15) is 0 Å². The quantitative estimate of drug-likeness (QED) is 0.749. The summed E-state index contributed by atoms with van der Waals surface area (Å²) in [5.41, 5.74) is 12.2. The molecule has 8 nitrogen and oxygen atoms in total. The van der Waals surface area contributed by atoms with Crippen molar-refractivity contribution in [3.8, 4) is 0 Å². The van der Waals surface area contributed by atoms with Crippen molar-refractivity contribution < 1.29 is 9.53 Å². The average molecular weight is 303 g/mol. The minimum atomic E-state index is -0.334. The standard InChI is InChI=1S/C14H17N5O3/c1-22-11-7-9(8(15)6-10(11)20)17-12-13(16)18-4-2-3-5-19(18)14(12)21/h6-7H,2-5,15-16H2,1H3/b17-9+. The molecule has 0 unspecified atom stereocenters. The maximum Gasteiger partial charge on any atom is 0.294 e. The maximum absolute atomic E-state index is 12.4. The van der Waals surface area contributed by atoms with Crippen LogP contribution in [-0.2, 0) is 22.6 Å². The number of rotatable bonds is 2. The van der Waals surface area contributed by atoms with E-state index in [1.807, 2.05) is 0 Å². The molecule has 2 aliphatic rings. The van der Waals surface area contributed by atoms with Crippen LogP contribution in [0.4, 0.5) is 11.5 Å². The van der Waals surface area contributed by atoms with Crippen LogP contribution in [0.1, 0.15) is 12.8 Å². The van der Waals surface area contributed by atoms with Crippen molar-refractivity contribution in [2.24, 2.45) is 10.7 Å². The first kappa shape index (κ1) is 14.2. The van der Waals surface area contributed by atoms with Crippen LogP contribution in [0.15, 0.2) is 33.4 Å². The Morgan fingerprint density at radius 3 is 2.45 bits per heavy atom. The Kier molecular flexibility index (Phi) is 3.36. The lowest BCUT2D eigenvalue weighted by atomic mass is 10.1. The van der Waals surface area contributed by atoms with Crippen molar-refractivity contribution in [1.29, 1.82) is 0 Å². The van der Waals surface area contributed by atoms with Crippen LogP contribution in [0.3, 0.4) is 0 Å². The van der Waals surface area contributed by atoms with Crippen LogP contribution < -0.4 is 17.0 Å². The third-order valence-electron chi connectivity index (χ3n) is 3.78. The van der Waals surface area contributed by atoms with Crippen LogP contribution in [0, 0.1) is 0 Å². The molecule has 0 radical (unpaired) electrons. The Morgan fingerprint density at radius 1 is 1.14 bits per heavy atom. The molecular formula is C14H17N5O3. The number of anilines is 1. The molecule has 0 bridgehead atoms. The monoisotopic (exact) mass is 303 g/mol. The largest absolute Gasteiger partial charge is 0.493 e. The topological polar surface area (TPSA) is 118 Å². The lowest BCUT2D eigenvalue weighted by molar-refractivity contribution is -0.114. The summed E-state index contributed by atoms with van der Waals surface area (Å²) in [5.74, 6) is 0.102. The summed E-state index contributed by atoms with van der Waals surface area (Å²) in [5, 5.41) is 0. The van der Waals surface area contributed by atoms with E-state index in [1.165, 1.54) is 19.3 Å². The molecule has 1 aliphatic carbocycles. The molecular weight excluding hydrogens is 286 g/mol. The number of methoxy groups -OCH3 is 1. The second-order valence-electron chi connectivity index (χ2n) is 5.17. The number of ketones is 1. The average Bonchev–Trinajstić information content (AvgIpc) is 2.75. The van der Waals surface area contributed by atoms with Crippen LogP contribution in [0.25, 0.3) is 0 Å². The zero-order valence-corrected chi connectivity index (χ0v) is 12.2. The van der Waals surface area contributed by atoms with E-state index in [1.54, 1.807) is 9.36 Å². The summed E-state index contributed by atoms with van der Waals surface area (Å²) < 4.78 is 8.30. The van der Waals surface area contributed by atoms with E-state index in [0.29, 0.717) is 24.6 Å². The highest BCUT2D eigenvalue weighted by Gasteiger charge is 2.22. The highest BCUT2D eigenvalue weighted by molar-refractivity contribution is 6.21. The molecule has 22 heavy (non-hydrogen) atoms. The molecule has 0 spiro atoms. The third kappa shape index (κ3) is 2.12. The summed E-state index contributed by atoms with van der Waals surface area (Å²) in [4.78, 5) is 28.3. The number of nitrogens with two attached hydrogens (primary N) is 2. The number of nitrogen functional groups attached to an aromatic ring is 1. The number of carbonyl (C=O) groups excluding carboxylic acids is 1. The highest BCUT2D eigenvalue weighted by atomic mass is 16.5. The summed E-state index contributed by atoms with van der Waals surface area (Å²) >= 11 is 0. The number of aliphatic imine (C=N–C) groups is 1. The molecule has 0 saturated heterocycles. The number of fused-ring (bicyclic) bond motifs is 1. The minimum absolute atomic E-state index is 0.121. The van der Waals surface area contributed by atoms with Crippen molar-refractivity contribution in [3.63, 3.8) is 0 Å².